The smallest absolute Gasteiger partial charge is 0.296 e. The molecule has 0 spiro atoms. The summed E-state index contributed by atoms with van der Waals surface area (Å²) in [6.07, 6.45) is 4.95. The number of H-pyrrole nitrogens is 1. The van der Waals surface area contributed by atoms with Crippen molar-refractivity contribution in [3.8, 4) is 17.3 Å². The Morgan fingerprint density at radius 2 is 1.78 bits per heavy atom. The van der Waals surface area contributed by atoms with Crippen LogP contribution in [0.1, 0.15) is 43.6 Å². The summed E-state index contributed by atoms with van der Waals surface area (Å²) in [6, 6.07) is 10.8. The van der Waals surface area contributed by atoms with Gasteiger partial charge in [0.1, 0.15) is 18.3 Å². The Labute approximate surface area is 191 Å². The van der Waals surface area contributed by atoms with Crippen molar-refractivity contribution < 1.29 is 19.3 Å². The molecule has 32 heavy (non-hydrogen) atoms. The lowest BCUT2D eigenvalue weighted by molar-refractivity contribution is 0.00706. The van der Waals surface area contributed by atoms with Crippen LogP contribution in [0.15, 0.2) is 30.3 Å². The molecule has 3 aliphatic rings. The molecule has 1 saturated carbocycles. The Hall–Kier alpha value is -2.19. The van der Waals surface area contributed by atoms with E-state index in [1.54, 1.807) is 0 Å². The normalized spacial score (nSPS) is 28.3. The standard InChI is InChI=1S/C24H26ClN3O4/c25-16-10-17-23(28-24(26-17)32-19-12-31-21-18(29)11-30-22(19)21)27-20(16)15-8-6-14(7-9-15)13-4-2-1-3-5-13/h6-10,13,18-19,21-22,29H,1-5,11-12H2,(H,26,27,28). The van der Waals surface area contributed by atoms with Gasteiger partial charge in [0, 0.05) is 5.56 Å². The van der Waals surface area contributed by atoms with Gasteiger partial charge in [-0.15, -0.1) is 0 Å². The van der Waals surface area contributed by atoms with Crippen LogP contribution < -0.4 is 4.74 Å². The predicted molar refractivity (Wildman–Crippen MR) is 120 cm³/mol. The van der Waals surface area contributed by atoms with Crippen LogP contribution in [0.25, 0.3) is 22.4 Å². The van der Waals surface area contributed by atoms with E-state index in [2.05, 4.69) is 34.2 Å². The highest BCUT2D eigenvalue weighted by Gasteiger charge is 2.48. The molecule has 6 rings (SSSR count). The summed E-state index contributed by atoms with van der Waals surface area (Å²) in [4.78, 5) is 12.3. The van der Waals surface area contributed by atoms with Crippen molar-refractivity contribution in [3.63, 3.8) is 0 Å². The van der Waals surface area contributed by atoms with Gasteiger partial charge in [0.25, 0.3) is 6.01 Å². The molecule has 2 N–H and O–H groups in total. The van der Waals surface area contributed by atoms with Crippen molar-refractivity contribution >= 4 is 22.8 Å². The minimum Gasteiger partial charge on any atom is -0.456 e. The van der Waals surface area contributed by atoms with Gasteiger partial charge in [-0.05, 0) is 30.4 Å². The van der Waals surface area contributed by atoms with Crippen LogP contribution in [0.4, 0.5) is 0 Å². The third kappa shape index (κ3) is 3.67. The number of aromatic nitrogens is 3. The fourth-order valence-corrected chi connectivity index (χ4v) is 5.45. The minimum atomic E-state index is -0.614. The third-order valence-corrected chi connectivity index (χ3v) is 7.20. The molecule has 4 heterocycles. The summed E-state index contributed by atoms with van der Waals surface area (Å²) >= 11 is 6.58. The highest BCUT2D eigenvalue weighted by atomic mass is 35.5. The average Bonchev–Trinajstić information content (AvgIpc) is 3.51. The molecule has 168 valence electrons. The zero-order valence-electron chi connectivity index (χ0n) is 17.7. The lowest BCUT2D eigenvalue weighted by Gasteiger charge is -2.22. The van der Waals surface area contributed by atoms with E-state index in [4.69, 9.17) is 30.8 Å². The maximum Gasteiger partial charge on any atom is 0.296 e. The number of nitrogens with zero attached hydrogens (tertiary/aromatic N) is 2. The van der Waals surface area contributed by atoms with Crippen molar-refractivity contribution in [3.05, 3.63) is 40.9 Å². The molecule has 0 radical (unpaired) electrons. The molecule has 1 aromatic carbocycles. The van der Waals surface area contributed by atoms with Crippen LogP contribution in [-0.4, -0.2) is 57.7 Å². The van der Waals surface area contributed by atoms with Crippen LogP contribution in [-0.2, 0) is 9.47 Å². The summed E-state index contributed by atoms with van der Waals surface area (Å²) in [5, 5.41) is 10.5. The van der Waals surface area contributed by atoms with E-state index in [0.29, 0.717) is 40.4 Å². The van der Waals surface area contributed by atoms with E-state index in [-0.39, 0.29) is 24.9 Å². The van der Waals surface area contributed by atoms with Gasteiger partial charge < -0.3 is 24.3 Å². The lowest BCUT2D eigenvalue weighted by atomic mass is 9.84. The number of halogens is 1. The molecule has 4 unspecified atom stereocenters. The van der Waals surface area contributed by atoms with Gasteiger partial charge in [-0.3, -0.25) is 0 Å². The Balaban J connectivity index is 1.23. The van der Waals surface area contributed by atoms with Gasteiger partial charge in [-0.25, -0.2) is 4.98 Å². The van der Waals surface area contributed by atoms with Gasteiger partial charge in [0.2, 0.25) is 0 Å². The predicted octanol–water partition coefficient (Wildman–Crippen LogP) is 4.23. The molecule has 2 saturated heterocycles. The van der Waals surface area contributed by atoms with E-state index in [9.17, 15) is 5.11 Å². The number of fused-ring (bicyclic) bond motifs is 2. The molecular weight excluding hydrogens is 430 g/mol. The van der Waals surface area contributed by atoms with Gasteiger partial charge in [-0.2, -0.15) is 4.98 Å². The van der Waals surface area contributed by atoms with Crippen LogP contribution in [0.5, 0.6) is 6.01 Å². The Kier molecular flexibility index (Phi) is 5.30. The highest BCUT2D eigenvalue weighted by molar-refractivity contribution is 6.33. The largest absolute Gasteiger partial charge is 0.456 e. The van der Waals surface area contributed by atoms with E-state index in [0.717, 1.165) is 5.56 Å². The van der Waals surface area contributed by atoms with Gasteiger partial charge in [0.15, 0.2) is 11.8 Å². The van der Waals surface area contributed by atoms with Crippen molar-refractivity contribution in [2.24, 2.45) is 0 Å². The summed E-state index contributed by atoms with van der Waals surface area (Å²) in [5.74, 6) is 0.666. The summed E-state index contributed by atoms with van der Waals surface area (Å²) in [5.41, 5.74) is 4.33. The van der Waals surface area contributed by atoms with Crippen molar-refractivity contribution in [2.75, 3.05) is 13.2 Å². The molecule has 0 bridgehead atoms. The Morgan fingerprint density at radius 3 is 2.59 bits per heavy atom. The summed E-state index contributed by atoms with van der Waals surface area (Å²) in [6.45, 7) is 0.603. The molecule has 3 aromatic rings. The first-order valence-corrected chi connectivity index (χ1v) is 11.8. The molecule has 8 heteroatoms. The van der Waals surface area contributed by atoms with E-state index in [1.165, 1.54) is 37.7 Å². The first kappa shape index (κ1) is 20.4. The fraction of sp³-hybridized carbons (Fsp3) is 0.500. The number of aliphatic hydroxyl groups excluding tert-OH is 1. The van der Waals surface area contributed by atoms with Crippen molar-refractivity contribution in [1.82, 2.24) is 15.0 Å². The number of nitrogens with one attached hydrogen (secondary N) is 1. The minimum absolute atomic E-state index is 0.259. The zero-order chi connectivity index (χ0) is 21.7. The topological polar surface area (TPSA) is 89.5 Å². The molecule has 2 aromatic heterocycles. The van der Waals surface area contributed by atoms with Gasteiger partial charge in [0.05, 0.1) is 29.4 Å². The second-order valence-electron chi connectivity index (χ2n) is 9.01. The molecule has 7 nitrogen and oxygen atoms in total. The summed E-state index contributed by atoms with van der Waals surface area (Å²) in [7, 11) is 0. The zero-order valence-corrected chi connectivity index (χ0v) is 18.4. The first-order valence-electron chi connectivity index (χ1n) is 11.4. The van der Waals surface area contributed by atoms with Gasteiger partial charge in [-0.1, -0.05) is 55.1 Å². The molecule has 4 atom stereocenters. The van der Waals surface area contributed by atoms with E-state index >= 15 is 0 Å². The summed E-state index contributed by atoms with van der Waals surface area (Å²) < 4.78 is 17.2. The maximum absolute atomic E-state index is 9.90. The Bertz CT molecular complexity index is 1110. The van der Waals surface area contributed by atoms with Crippen LogP contribution in [0.2, 0.25) is 5.02 Å². The fourth-order valence-electron chi connectivity index (χ4n) is 5.19. The molecular formula is C24H26ClN3O4. The number of hydrogen-bond donors (Lipinski definition) is 2. The number of benzene rings is 1. The number of pyridine rings is 1. The Morgan fingerprint density at radius 1 is 1.00 bits per heavy atom. The third-order valence-electron chi connectivity index (χ3n) is 6.91. The van der Waals surface area contributed by atoms with Crippen molar-refractivity contribution in [2.45, 2.75) is 62.4 Å². The number of rotatable bonds is 4. The van der Waals surface area contributed by atoms with Crippen LogP contribution in [0, 0.1) is 0 Å². The number of imidazole rings is 1. The lowest BCUT2D eigenvalue weighted by Crippen LogP contribution is -2.34. The van der Waals surface area contributed by atoms with E-state index < -0.39 is 6.10 Å². The second-order valence-corrected chi connectivity index (χ2v) is 9.42. The van der Waals surface area contributed by atoms with Gasteiger partial charge >= 0.3 is 0 Å². The molecule has 1 aliphatic carbocycles. The number of ether oxygens (including phenoxy) is 3. The molecule has 0 amide bonds. The van der Waals surface area contributed by atoms with E-state index in [1.807, 2.05) is 6.07 Å². The number of aromatic amines is 1. The quantitative estimate of drug-likeness (QED) is 0.611. The number of hydrogen-bond acceptors (Lipinski definition) is 6. The van der Waals surface area contributed by atoms with Crippen LogP contribution in [0.3, 0.4) is 0 Å². The molecule has 2 aliphatic heterocycles. The monoisotopic (exact) mass is 455 g/mol. The molecule has 3 fully saturated rings. The first-order chi connectivity index (χ1) is 15.7. The average molecular weight is 456 g/mol. The SMILES string of the molecule is OC1COC2C(Oc3nc4nc(-c5ccc(C6CCCCC6)cc5)c(Cl)cc4[nH]3)COC12. The van der Waals surface area contributed by atoms with Crippen molar-refractivity contribution in [1.29, 1.82) is 0 Å². The highest BCUT2D eigenvalue weighted by Crippen LogP contribution is 2.35. The maximum atomic E-state index is 9.90. The number of aliphatic hydroxyl groups is 1. The van der Waals surface area contributed by atoms with Crippen LogP contribution >= 0.6 is 11.6 Å². The second kappa shape index (κ2) is 8.30.